The highest BCUT2D eigenvalue weighted by Crippen LogP contribution is 2.47. The van der Waals surface area contributed by atoms with Crippen molar-refractivity contribution in [1.29, 1.82) is 0 Å². The summed E-state index contributed by atoms with van der Waals surface area (Å²) in [6, 6.07) is 0.141. The van der Waals surface area contributed by atoms with Gasteiger partial charge in [-0.05, 0) is 64.7 Å². The molecule has 2 amide bonds. The lowest BCUT2D eigenvalue weighted by molar-refractivity contribution is -0.0165. The van der Waals surface area contributed by atoms with Gasteiger partial charge in [0.25, 0.3) is 0 Å². The lowest BCUT2D eigenvalue weighted by Crippen LogP contribution is -2.53. The van der Waals surface area contributed by atoms with Gasteiger partial charge in [0, 0.05) is 19.6 Å². The van der Waals surface area contributed by atoms with Crippen molar-refractivity contribution >= 4 is 12.2 Å². The SMILES string of the molecule is C.C[C@H]1COC(=O)N1CC1(C2CCCCC2)CCN(C(=O)OC(C)(C)C)CC1. The second kappa shape index (κ2) is 8.91. The Hall–Kier alpha value is -1.46. The van der Waals surface area contributed by atoms with E-state index < -0.39 is 5.60 Å². The first-order valence-corrected chi connectivity index (χ1v) is 10.6. The summed E-state index contributed by atoms with van der Waals surface area (Å²) in [7, 11) is 0. The van der Waals surface area contributed by atoms with Crippen LogP contribution in [-0.4, -0.2) is 59.9 Å². The number of cyclic esters (lactones) is 1. The molecule has 0 bridgehead atoms. The first-order chi connectivity index (χ1) is 12.7. The molecule has 6 nitrogen and oxygen atoms in total. The van der Waals surface area contributed by atoms with Crippen LogP contribution in [0.25, 0.3) is 0 Å². The molecule has 0 spiro atoms. The molecule has 1 aliphatic carbocycles. The lowest BCUT2D eigenvalue weighted by atomic mass is 9.63. The van der Waals surface area contributed by atoms with Crippen molar-refractivity contribution in [2.24, 2.45) is 11.3 Å². The number of rotatable bonds is 3. The Bertz CT molecular complexity index is 543. The molecular formula is C22H40N2O4. The third-order valence-electron chi connectivity index (χ3n) is 6.58. The van der Waals surface area contributed by atoms with E-state index in [-0.39, 0.29) is 31.1 Å². The first kappa shape index (κ1) is 22.8. The Balaban J connectivity index is 0.00000280. The molecule has 0 aromatic rings. The van der Waals surface area contributed by atoms with Crippen LogP contribution >= 0.6 is 0 Å². The maximum Gasteiger partial charge on any atom is 0.410 e. The van der Waals surface area contributed by atoms with Crippen molar-refractivity contribution in [2.75, 3.05) is 26.2 Å². The Labute approximate surface area is 170 Å². The van der Waals surface area contributed by atoms with Crippen LogP contribution < -0.4 is 0 Å². The summed E-state index contributed by atoms with van der Waals surface area (Å²) in [5.74, 6) is 0.632. The van der Waals surface area contributed by atoms with Gasteiger partial charge in [0.2, 0.25) is 0 Å². The van der Waals surface area contributed by atoms with E-state index in [1.807, 2.05) is 30.6 Å². The molecule has 3 aliphatic rings. The zero-order chi connectivity index (χ0) is 19.7. The largest absolute Gasteiger partial charge is 0.447 e. The third kappa shape index (κ3) is 5.12. The molecule has 162 valence electrons. The Morgan fingerprint density at radius 2 is 1.79 bits per heavy atom. The average Bonchev–Trinajstić information content (AvgIpc) is 2.93. The number of carbonyl (C=O) groups excluding carboxylic acids is 2. The number of ether oxygens (including phenoxy) is 2. The topological polar surface area (TPSA) is 59.1 Å². The highest BCUT2D eigenvalue weighted by atomic mass is 16.6. The van der Waals surface area contributed by atoms with Crippen LogP contribution in [0.1, 0.15) is 80.1 Å². The van der Waals surface area contributed by atoms with Crippen LogP contribution in [0.3, 0.4) is 0 Å². The van der Waals surface area contributed by atoms with Crippen LogP contribution in [-0.2, 0) is 9.47 Å². The summed E-state index contributed by atoms with van der Waals surface area (Å²) >= 11 is 0. The molecule has 0 unspecified atom stereocenters. The first-order valence-electron chi connectivity index (χ1n) is 10.6. The van der Waals surface area contributed by atoms with E-state index in [0.29, 0.717) is 25.6 Å². The lowest BCUT2D eigenvalue weighted by Gasteiger charge is -2.49. The molecule has 0 N–H and O–H groups in total. The number of likely N-dealkylation sites (tertiary alicyclic amines) is 1. The highest BCUT2D eigenvalue weighted by Gasteiger charge is 2.46. The molecule has 0 radical (unpaired) electrons. The van der Waals surface area contributed by atoms with Crippen molar-refractivity contribution in [2.45, 2.75) is 91.7 Å². The third-order valence-corrected chi connectivity index (χ3v) is 6.58. The quantitative estimate of drug-likeness (QED) is 0.669. The minimum absolute atomic E-state index is 0. The van der Waals surface area contributed by atoms with Crippen molar-refractivity contribution in [3.05, 3.63) is 0 Å². The van der Waals surface area contributed by atoms with Crippen LogP contribution in [0.5, 0.6) is 0 Å². The Morgan fingerprint density at radius 1 is 1.18 bits per heavy atom. The van der Waals surface area contributed by atoms with E-state index in [1.165, 1.54) is 32.1 Å². The zero-order valence-electron chi connectivity index (χ0n) is 17.5. The normalized spacial score (nSPS) is 25.9. The monoisotopic (exact) mass is 396 g/mol. The Morgan fingerprint density at radius 3 is 2.29 bits per heavy atom. The minimum Gasteiger partial charge on any atom is -0.447 e. The van der Waals surface area contributed by atoms with E-state index in [2.05, 4.69) is 6.92 Å². The number of hydrogen-bond donors (Lipinski definition) is 0. The second-order valence-electron chi connectivity index (χ2n) is 9.72. The fraction of sp³-hybridized carbons (Fsp3) is 0.909. The van der Waals surface area contributed by atoms with Crippen LogP contribution in [0.4, 0.5) is 9.59 Å². The number of hydrogen-bond acceptors (Lipinski definition) is 4. The van der Waals surface area contributed by atoms with Crippen molar-refractivity contribution in [3.8, 4) is 0 Å². The Kier molecular flexibility index (Phi) is 7.27. The average molecular weight is 397 g/mol. The predicted molar refractivity (Wildman–Crippen MR) is 110 cm³/mol. The molecule has 0 aromatic carbocycles. The number of nitrogens with zero attached hydrogens (tertiary/aromatic N) is 2. The van der Waals surface area contributed by atoms with E-state index in [0.717, 1.165) is 19.4 Å². The zero-order valence-corrected chi connectivity index (χ0v) is 17.5. The number of carbonyl (C=O) groups is 2. The molecule has 0 aromatic heterocycles. The van der Waals surface area contributed by atoms with Crippen LogP contribution in [0.15, 0.2) is 0 Å². The predicted octanol–water partition coefficient (Wildman–Crippen LogP) is 5.06. The van der Waals surface area contributed by atoms with Crippen molar-refractivity contribution < 1.29 is 19.1 Å². The second-order valence-corrected chi connectivity index (χ2v) is 9.72. The van der Waals surface area contributed by atoms with Gasteiger partial charge in [-0.3, -0.25) is 0 Å². The van der Waals surface area contributed by atoms with E-state index in [1.54, 1.807) is 0 Å². The summed E-state index contributed by atoms with van der Waals surface area (Å²) in [5.41, 5.74) is -0.375. The summed E-state index contributed by atoms with van der Waals surface area (Å²) in [6.45, 7) is 10.5. The summed E-state index contributed by atoms with van der Waals surface area (Å²) in [4.78, 5) is 28.5. The fourth-order valence-electron chi connectivity index (χ4n) is 4.98. The van der Waals surface area contributed by atoms with Gasteiger partial charge in [-0.25, -0.2) is 9.59 Å². The summed E-state index contributed by atoms with van der Waals surface area (Å²) in [6.07, 6.45) is 7.85. The standard InChI is InChI=1S/C21H36N2O4.CH4/c1-16-14-26-19(25)23(16)15-21(17-8-6-5-7-9-17)10-12-22(13-11-21)18(24)27-20(2,3)4;/h16-17H,5-15H2,1-4H3;1H4/t16-;/m0./s1. The van der Waals surface area contributed by atoms with Gasteiger partial charge in [0.1, 0.15) is 12.2 Å². The molecule has 2 aliphatic heterocycles. The maximum atomic E-state index is 12.5. The smallest absolute Gasteiger partial charge is 0.410 e. The van der Waals surface area contributed by atoms with Crippen molar-refractivity contribution in [3.63, 3.8) is 0 Å². The van der Waals surface area contributed by atoms with Crippen LogP contribution in [0, 0.1) is 11.3 Å². The van der Waals surface area contributed by atoms with E-state index in [9.17, 15) is 9.59 Å². The summed E-state index contributed by atoms with van der Waals surface area (Å²) < 4.78 is 10.8. The van der Waals surface area contributed by atoms with Gasteiger partial charge in [-0.1, -0.05) is 26.7 Å². The molecule has 2 heterocycles. The van der Waals surface area contributed by atoms with Crippen molar-refractivity contribution in [1.82, 2.24) is 9.80 Å². The molecular weight excluding hydrogens is 356 g/mol. The van der Waals surface area contributed by atoms with Crippen LogP contribution in [0.2, 0.25) is 0 Å². The molecule has 2 saturated heterocycles. The summed E-state index contributed by atoms with van der Waals surface area (Å²) in [5, 5.41) is 0. The molecule has 1 atom stereocenters. The fourth-order valence-corrected chi connectivity index (χ4v) is 4.98. The van der Waals surface area contributed by atoms with E-state index >= 15 is 0 Å². The molecule has 1 saturated carbocycles. The molecule has 3 fully saturated rings. The van der Waals surface area contributed by atoms with Gasteiger partial charge in [-0.2, -0.15) is 0 Å². The molecule has 6 heteroatoms. The van der Waals surface area contributed by atoms with Gasteiger partial charge < -0.3 is 19.3 Å². The highest BCUT2D eigenvalue weighted by molar-refractivity contribution is 5.70. The number of amides is 2. The van der Waals surface area contributed by atoms with Gasteiger partial charge in [-0.15, -0.1) is 0 Å². The molecule has 3 rings (SSSR count). The number of piperidine rings is 1. The van der Waals surface area contributed by atoms with Gasteiger partial charge in [0.05, 0.1) is 6.04 Å². The minimum atomic E-state index is -0.469. The molecule has 28 heavy (non-hydrogen) atoms. The maximum absolute atomic E-state index is 12.5. The van der Waals surface area contributed by atoms with Gasteiger partial charge in [0.15, 0.2) is 0 Å². The van der Waals surface area contributed by atoms with Gasteiger partial charge >= 0.3 is 12.2 Å². The van der Waals surface area contributed by atoms with E-state index in [4.69, 9.17) is 9.47 Å².